The van der Waals surface area contributed by atoms with Gasteiger partial charge in [0, 0.05) is 9.86 Å². The maximum atomic E-state index is 14.1. The summed E-state index contributed by atoms with van der Waals surface area (Å²) >= 11 is 3.37. The van der Waals surface area contributed by atoms with Crippen LogP contribution >= 0.6 is 15.9 Å². The minimum absolute atomic E-state index is 0.00257. The third-order valence-corrected chi connectivity index (χ3v) is 5.47. The molecule has 4 aromatic rings. The van der Waals surface area contributed by atoms with E-state index in [2.05, 4.69) is 32.0 Å². The lowest BCUT2D eigenvalue weighted by atomic mass is 10.2. The zero-order valence-corrected chi connectivity index (χ0v) is 20.1. The molecule has 3 amide bonds. The Bertz CT molecular complexity index is 1440. The molecule has 8 nitrogen and oxygen atoms in total. The second-order valence-electron chi connectivity index (χ2n) is 7.33. The number of hydrogen-bond acceptors (Lipinski definition) is 4. The molecule has 178 valence electrons. The Morgan fingerprint density at radius 3 is 2.37 bits per heavy atom. The van der Waals surface area contributed by atoms with E-state index < -0.39 is 23.5 Å². The van der Waals surface area contributed by atoms with Crippen molar-refractivity contribution in [3.63, 3.8) is 0 Å². The van der Waals surface area contributed by atoms with Crippen LogP contribution in [0.4, 0.5) is 15.8 Å². The van der Waals surface area contributed by atoms with E-state index in [1.165, 1.54) is 28.9 Å². The molecule has 0 atom stereocenters. The average Bonchev–Trinajstić information content (AvgIpc) is 3.19. The number of para-hydroxylation sites is 3. The Labute approximate surface area is 208 Å². The third-order valence-electron chi connectivity index (χ3n) is 4.97. The topological polar surface area (TPSA) is 101 Å². The van der Waals surface area contributed by atoms with Crippen LogP contribution in [0.5, 0.6) is 5.75 Å². The summed E-state index contributed by atoms with van der Waals surface area (Å²) in [5.74, 6) is -2.85. The normalized spacial score (nSPS) is 10.6. The van der Waals surface area contributed by atoms with Crippen LogP contribution in [-0.4, -0.2) is 29.0 Å². The number of halogens is 2. The van der Waals surface area contributed by atoms with Gasteiger partial charge in [-0.3, -0.25) is 19.8 Å². The van der Waals surface area contributed by atoms with Gasteiger partial charge in [0.05, 0.1) is 23.5 Å². The maximum absolute atomic E-state index is 14.1. The van der Waals surface area contributed by atoms with Crippen molar-refractivity contribution in [1.29, 1.82) is 0 Å². The molecule has 0 unspecified atom stereocenters. The van der Waals surface area contributed by atoms with Crippen LogP contribution in [0.25, 0.3) is 10.9 Å². The zero-order valence-electron chi connectivity index (χ0n) is 18.5. The van der Waals surface area contributed by atoms with Gasteiger partial charge in [0.2, 0.25) is 0 Å². The van der Waals surface area contributed by atoms with E-state index >= 15 is 0 Å². The highest BCUT2D eigenvalue weighted by Crippen LogP contribution is 2.25. The molecule has 0 spiro atoms. The molecule has 0 bridgehead atoms. The summed E-state index contributed by atoms with van der Waals surface area (Å²) in [7, 11) is 0. The highest BCUT2D eigenvalue weighted by Gasteiger charge is 2.22. The summed E-state index contributed by atoms with van der Waals surface area (Å²) in [6.07, 6.45) is 0. The number of nitrogens with zero attached hydrogens (tertiary/aromatic N) is 1. The number of ether oxygens (including phenoxy) is 1. The molecule has 10 heteroatoms. The molecule has 0 radical (unpaired) electrons. The smallest absolute Gasteiger partial charge is 0.328 e. The van der Waals surface area contributed by atoms with Gasteiger partial charge in [-0.25, -0.2) is 9.07 Å². The monoisotopic (exact) mass is 538 g/mol. The van der Waals surface area contributed by atoms with E-state index in [1.54, 1.807) is 55.5 Å². The fraction of sp³-hybridized carbons (Fsp3) is 0.0800. The molecule has 0 aliphatic heterocycles. The Morgan fingerprint density at radius 1 is 0.914 bits per heavy atom. The van der Waals surface area contributed by atoms with E-state index in [9.17, 15) is 18.8 Å². The number of nitrogens with one attached hydrogen (secondary N) is 3. The standard InChI is InChI=1S/C25H20BrFN4O4/c1-2-35-22-10-6-5-9-19(22)29-24(33)25(34)30-31-20-12-11-16(26)13-15(20)14-21(31)23(32)28-18-8-4-3-7-17(18)27/h3-14H,2H2,1H3,(H,28,32)(H,29,33)(H,30,34). The number of benzene rings is 3. The van der Waals surface area contributed by atoms with Crippen LogP contribution < -0.4 is 20.8 Å². The van der Waals surface area contributed by atoms with E-state index in [-0.39, 0.29) is 11.4 Å². The highest BCUT2D eigenvalue weighted by molar-refractivity contribution is 9.10. The minimum Gasteiger partial charge on any atom is -0.492 e. The van der Waals surface area contributed by atoms with Gasteiger partial charge in [0.15, 0.2) is 0 Å². The summed E-state index contributed by atoms with van der Waals surface area (Å²) < 4.78 is 21.5. The maximum Gasteiger partial charge on any atom is 0.328 e. The molecule has 1 aromatic heterocycles. The number of carbonyl (C=O) groups is 3. The molecule has 0 saturated heterocycles. The van der Waals surface area contributed by atoms with Crippen LogP contribution in [0.2, 0.25) is 0 Å². The largest absolute Gasteiger partial charge is 0.492 e. The van der Waals surface area contributed by atoms with Gasteiger partial charge in [-0.2, -0.15) is 0 Å². The first-order valence-electron chi connectivity index (χ1n) is 10.6. The highest BCUT2D eigenvalue weighted by atomic mass is 79.9. The SMILES string of the molecule is CCOc1ccccc1NC(=O)C(=O)Nn1c(C(=O)Nc2ccccc2F)cc2cc(Br)ccc21. The van der Waals surface area contributed by atoms with E-state index in [0.29, 0.717) is 28.9 Å². The molecule has 35 heavy (non-hydrogen) atoms. The van der Waals surface area contributed by atoms with Crippen LogP contribution in [0, 0.1) is 5.82 Å². The van der Waals surface area contributed by atoms with Gasteiger partial charge in [-0.15, -0.1) is 0 Å². The van der Waals surface area contributed by atoms with Crippen LogP contribution in [0.1, 0.15) is 17.4 Å². The van der Waals surface area contributed by atoms with E-state index in [0.717, 1.165) is 4.47 Å². The number of hydrogen-bond donors (Lipinski definition) is 3. The van der Waals surface area contributed by atoms with Crippen molar-refractivity contribution in [3.05, 3.63) is 88.8 Å². The molecule has 4 rings (SSSR count). The second-order valence-corrected chi connectivity index (χ2v) is 8.24. The van der Waals surface area contributed by atoms with Crippen molar-refractivity contribution < 1.29 is 23.5 Å². The van der Waals surface area contributed by atoms with Crippen molar-refractivity contribution in [1.82, 2.24) is 4.68 Å². The van der Waals surface area contributed by atoms with E-state index in [1.807, 2.05) is 0 Å². The Balaban J connectivity index is 1.63. The number of fused-ring (bicyclic) bond motifs is 1. The Kier molecular flexibility index (Phi) is 7.11. The van der Waals surface area contributed by atoms with Crippen LogP contribution in [0.15, 0.2) is 77.3 Å². The predicted octanol–water partition coefficient (Wildman–Crippen LogP) is 4.90. The Hall–Kier alpha value is -4.18. The number of amides is 3. The average molecular weight is 539 g/mol. The first-order valence-corrected chi connectivity index (χ1v) is 11.4. The lowest BCUT2D eigenvalue weighted by Crippen LogP contribution is -2.36. The summed E-state index contributed by atoms with van der Waals surface area (Å²) in [4.78, 5) is 38.5. The van der Waals surface area contributed by atoms with Gasteiger partial charge in [-0.1, -0.05) is 40.2 Å². The lowest BCUT2D eigenvalue weighted by Gasteiger charge is -2.14. The molecule has 0 saturated carbocycles. The van der Waals surface area contributed by atoms with Crippen molar-refractivity contribution in [3.8, 4) is 5.75 Å². The van der Waals surface area contributed by atoms with Gasteiger partial charge in [0.1, 0.15) is 17.3 Å². The molecule has 3 N–H and O–H groups in total. The molecule has 3 aromatic carbocycles. The number of aromatic nitrogens is 1. The van der Waals surface area contributed by atoms with E-state index in [4.69, 9.17) is 4.74 Å². The van der Waals surface area contributed by atoms with Gasteiger partial charge in [0.25, 0.3) is 5.91 Å². The van der Waals surface area contributed by atoms with Gasteiger partial charge >= 0.3 is 11.8 Å². The third kappa shape index (κ3) is 5.33. The number of carbonyl (C=O) groups excluding carboxylic acids is 3. The van der Waals surface area contributed by atoms with Crippen LogP contribution in [-0.2, 0) is 9.59 Å². The number of anilines is 2. The lowest BCUT2D eigenvalue weighted by molar-refractivity contribution is -0.133. The predicted molar refractivity (Wildman–Crippen MR) is 135 cm³/mol. The molecule has 0 aliphatic rings. The summed E-state index contributed by atoms with van der Waals surface area (Å²) in [5.41, 5.74) is 3.23. The molecular formula is C25H20BrFN4O4. The Morgan fingerprint density at radius 2 is 1.63 bits per heavy atom. The summed E-state index contributed by atoms with van der Waals surface area (Å²) in [6, 6.07) is 19.1. The first-order chi connectivity index (χ1) is 16.9. The van der Waals surface area contributed by atoms with Crippen molar-refractivity contribution in [2.24, 2.45) is 0 Å². The van der Waals surface area contributed by atoms with Gasteiger partial charge < -0.3 is 15.4 Å². The van der Waals surface area contributed by atoms with Crippen molar-refractivity contribution in [2.45, 2.75) is 6.92 Å². The molecule has 0 fully saturated rings. The zero-order chi connectivity index (χ0) is 24.9. The number of rotatable bonds is 6. The second kappa shape index (κ2) is 10.4. The molecular weight excluding hydrogens is 519 g/mol. The summed E-state index contributed by atoms with van der Waals surface area (Å²) in [6.45, 7) is 2.18. The van der Waals surface area contributed by atoms with Crippen LogP contribution in [0.3, 0.4) is 0 Å². The van der Waals surface area contributed by atoms with Gasteiger partial charge in [-0.05, 0) is 55.5 Å². The fourth-order valence-corrected chi connectivity index (χ4v) is 3.78. The quantitative estimate of drug-likeness (QED) is 0.304. The minimum atomic E-state index is -1.02. The molecule has 1 heterocycles. The summed E-state index contributed by atoms with van der Waals surface area (Å²) in [5, 5.41) is 5.62. The van der Waals surface area contributed by atoms with Crippen molar-refractivity contribution >= 4 is 55.9 Å². The fourth-order valence-electron chi connectivity index (χ4n) is 3.41. The van der Waals surface area contributed by atoms with Crippen molar-refractivity contribution in [2.75, 3.05) is 22.7 Å². The molecule has 0 aliphatic carbocycles. The first kappa shape index (κ1) is 24.0.